The molecule has 1 aliphatic rings. The van der Waals surface area contributed by atoms with E-state index in [1.165, 1.54) is 11.3 Å². The van der Waals surface area contributed by atoms with Crippen molar-refractivity contribution in [1.82, 2.24) is 14.5 Å². The van der Waals surface area contributed by atoms with E-state index in [2.05, 4.69) is 10.2 Å². The molecule has 1 fully saturated rings. The number of hydrogen-bond acceptors (Lipinski definition) is 6. The Morgan fingerprint density at radius 1 is 1.22 bits per heavy atom. The second-order valence-electron chi connectivity index (χ2n) is 6.89. The van der Waals surface area contributed by atoms with Crippen molar-refractivity contribution in [2.75, 3.05) is 13.1 Å². The number of nitrogens with zero attached hydrogens (tertiary/aromatic N) is 3. The van der Waals surface area contributed by atoms with Crippen molar-refractivity contribution in [2.24, 2.45) is 0 Å². The number of benzene rings is 1. The van der Waals surface area contributed by atoms with E-state index < -0.39 is 10.0 Å². The summed E-state index contributed by atoms with van der Waals surface area (Å²) in [5, 5.41) is 10.3. The summed E-state index contributed by atoms with van der Waals surface area (Å²) in [7, 11) is -3.54. The average Bonchev–Trinajstić information content (AvgIpc) is 3.33. The number of thiophene rings is 1. The monoisotopic (exact) mass is 403 g/mol. The second-order valence-corrected chi connectivity index (χ2v) is 9.75. The molecule has 1 atom stereocenters. The zero-order valence-electron chi connectivity index (χ0n) is 15.3. The molecule has 1 aliphatic heterocycles. The molecule has 0 radical (unpaired) electrons. The third kappa shape index (κ3) is 3.56. The number of aryl methyl sites for hydroxylation is 2. The van der Waals surface area contributed by atoms with Crippen LogP contribution in [0.25, 0.3) is 10.8 Å². The van der Waals surface area contributed by atoms with E-state index in [-0.39, 0.29) is 5.92 Å². The predicted octanol–water partition coefficient (Wildman–Crippen LogP) is 3.98. The van der Waals surface area contributed by atoms with E-state index in [0.29, 0.717) is 29.8 Å². The van der Waals surface area contributed by atoms with Crippen LogP contribution in [0.15, 0.2) is 45.0 Å². The number of sulfonamides is 1. The molecule has 1 aromatic carbocycles. The van der Waals surface area contributed by atoms with Gasteiger partial charge in [0.15, 0.2) is 0 Å². The van der Waals surface area contributed by atoms with E-state index in [9.17, 15) is 8.42 Å². The molecular formula is C19H21N3O3S2. The van der Waals surface area contributed by atoms with E-state index in [1.807, 2.05) is 43.5 Å². The van der Waals surface area contributed by atoms with Crippen molar-refractivity contribution in [3.05, 3.63) is 52.7 Å². The van der Waals surface area contributed by atoms with Gasteiger partial charge in [-0.15, -0.1) is 21.5 Å². The summed E-state index contributed by atoms with van der Waals surface area (Å²) >= 11 is 1.54. The number of aromatic nitrogens is 2. The van der Waals surface area contributed by atoms with Crippen LogP contribution in [0.2, 0.25) is 0 Å². The first-order chi connectivity index (χ1) is 12.9. The van der Waals surface area contributed by atoms with E-state index in [0.717, 1.165) is 28.8 Å². The lowest BCUT2D eigenvalue weighted by Gasteiger charge is -2.30. The average molecular weight is 404 g/mol. The first kappa shape index (κ1) is 18.3. The minimum atomic E-state index is -3.54. The summed E-state index contributed by atoms with van der Waals surface area (Å²) in [6.07, 6.45) is 1.61. The molecule has 1 unspecified atom stereocenters. The highest BCUT2D eigenvalue weighted by Crippen LogP contribution is 2.32. The van der Waals surface area contributed by atoms with Crippen LogP contribution in [-0.4, -0.2) is 36.0 Å². The van der Waals surface area contributed by atoms with Gasteiger partial charge in [-0.2, -0.15) is 4.31 Å². The summed E-state index contributed by atoms with van der Waals surface area (Å²) in [5.41, 5.74) is 1.82. The van der Waals surface area contributed by atoms with E-state index >= 15 is 0 Å². The van der Waals surface area contributed by atoms with Crippen molar-refractivity contribution in [3.63, 3.8) is 0 Å². The number of hydrogen-bond donors (Lipinski definition) is 0. The molecule has 142 valence electrons. The Labute approximate surface area is 162 Å². The fourth-order valence-electron chi connectivity index (χ4n) is 3.49. The first-order valence-electron chi connectivity index (χ1n) is 8.90. The van der Waals surface area contributed by atoms with Crippen LogP contribution >= 0.6 is 11.3 Å². The van der Waals surface area contributed by atoms with Crippen molar-refractivity contribution in [3.8, 4) is 10.8 Å². The third-order valence-corrected chi connectivity index (χ3v) is 7.74. The maximum atomic E-state index is 13.1. The van der Waals surface area contributed by atoms with Gasteiger partial charge in [0, 0.05) is 13.1 Å². The molecule has 1 saturated heterocycles. The van der Waals surface area contributed by atoms with Gasteiger partial charge in [-0.25, -0.2) is 8.42 Å². The quantitative estimate of drug-likeness (QED) is 0.658. The van der Waals surface area contributed by atoms with Crippen molar-refractivity contribution in [1.29, 1.82) is 0 Å². The Hall–Kier alpha value is -2.03. The molecule has 2 aromatic heterocycles. The van der Waals surface area contributed by atoms with Crippen LogP contribution in [0.3, 0.4) is 0 Å². The molecule has 4 rings (SSSR count). The fourth-order valence-corrected chi connectivity index (χ4v) is 5.86. The SMILES string of the molecule is Cc1ccc(S(=O)(=O)N2CCCC(c3nnc(-c4cccs4)o3)C2)c(C)c1. The van der Waals surface area contributed by atoms with Gasteiger partial charge in [-0.3, -0.25) is 0 Å². The number of rotatable bonds is 4. The molecule has 0 bridgehead atoms. The van der Waals surface area contributed by atoms with Gasteiger partial charge in [-0.1, -0.05) is 23.8 Å². The molecule has 3 heterocycles. The van der Waals surface area contributed by atoms with Crippen LogP contribution in [0, 0.1) is 13.8 Å². The zero-order valence-corrected chi connectivity index (χ0v) is 16.9. The molecule has 0 saturated carbocycles. The van der Waals surface area contributed by atoms with Crippen LogP contribution in [0.5, 0.6) is 0 Å². The van der Waals surface area contributed by atoms with Gasteiger partial charge < -0.3 is 4.42 Å². The van der Waals surface area contributed by atoms with Crippen LogP contribution < -0.4 is 0 Å². The van der Waals surface area contributed by atoms with Gasteiger partial charge in [0.25, 0.3) is 5.89 Å². The summed E-state index contributed by atoms with van der Waals surface area (Å²) in [4.78, 5) is 1.29. The summed E-state index contributed by atoms with van der Waals surface area (Å²) in [6.45, 7) is 4.67. The van der Waals surface area contributed by atoms with Crippen molar-refractivity contribution < 1.29 is 12.8 Å². The lowest BCUT2D eigenvalue weighted by molar-refractivity contribution is 0.286. The molecule has 27 heavy (non-hydrogen) atoms. The van der Waals surface area contributed by atoms with E-state index in [1.54, 1.807) is 10.4 Å². The topological polar surface area (TPSA) is 76.3 Å². The van der Waals surface area contributed by atoms with Crippen molar-refractivity contribution in [2.45, 2.75) is 37.5 Å². The molecular weight excluding hydrogens is 382 g/mol. The number of piperidine rings is 1. The Bertz CT molecular complexity index is 1040. The predicted molar refractivity (Wildman–Crippen MR) is 104 cm³/mol. The lowest BCUT2D eigenvalue weighted by Crippen LogP contribution is -2.39. The maximum Gasteiger partial charge on any atom is 0.257 e. The Morgan fingerprint density at radius 2 is 2.07 bits per heavy atom. The van der Waals surface area contributed by atoms with Gasteiger partial charge in [-0.05, 0) is 49.8 Å². The first-order valence-corrected chi connectivity index (χ1v) is 11.2. The Kier molecular flexibility index (Phi) is 4.88. The van der Waals surface area contributed by atoms with Gasteiger partial charge in [0.2, 0.25) is 15.9 Å². The highest BCUT2D eigenvalue weighted by molar-refractivity contribution is 7.89. The molecule has 0 N–H and O–H groups in total. The minimum Gasteiger partial charge on any atom is -0.420 e. The zero-order chi connectivity index (χ0) is 19.0. The van der Waals surface area contributed by atoms with Crippen molar-refractivity contribution >= 4 is 21.4 Å². The normalized spacial score (nSPS) is 18.7. The summed E-state index contributed by atoms with van der Waals surface area (Å²) < 4.78 is 33.7. The molecule has 0 aliphatic carbocycles. The third-order valence-electron chi connectivity index (χ3n) is 4.85. The molecule has 0 spiro atoms. The Morgan fingerprint density at radius 3 is 2.81 bits per heavy atom. The highest BCUT2D eigenvalue weighted by atomic mass is 32.2. The smallest absolute Gasteiger partial charge is 0.257 e. The highest BCUT2D eigenvalue weighted by Gasteiger charge is 2.34. The lowest BCUT2D eigenvalue weighted by atomic mass is 10.00. The van der Waals surface area contributed by atoms with Crippen LogP contribution in [0.4, 0.5) is 0 Å². The fraction of sp³-hybridized carbons (Fsp3) is 0.368. The molecule has 8 heteroatoms. The van der Waals surface area contributed by atoms with Crippen LogP contribution in [-0.2, 0) is 10.0 Å². The molecule has 0 amide bonds. The summed E-state index contributed by atoms with van der Waals surface area (Å²) in [6, 6.07) is 9.31. The second kappa shape index (κ2) is 7.18. The molecule has 3 aromatic rings. The van der Waals surface area contributed by atoms with E-state index in [4.69, 9.17) is 4.42 Å². The van der Waals surface area contributed by atoms with Gasteiger partial charge in [0.05, 0.1) is 15.7 Å². The molecule has 6 nitrogen and oxygen atoms in total. The summed E-state index contributed by atoms with van der Waals surface area (Å²) in [5.74, 6) is 0.925. The van der Waals surface area contributed by atoms with Gasteiger partial charge >= 0.3 is 0 Å². The van der Waals surface area contributed by atoms with Gasteiger partial charge in [0.1, 0.15) is 0 Å². The minimum absolute atomic E-state index is 0.0829. The maximum absolute atomic E-state index is 13.1. The standard InChI is InChI=1S/C19H21N3O3S2/c1-13-7-8-17(14(2)11-13)27(23,24)22-9-3-5-15(12-22)18-20-21-19(25-18)16-6-4-10-26-16/h4,6-8,10-11,15H,3,5,9,12H2,1-2H3. The van der Waals surface area contributed by atoms with Crippen LogP contribution in [0.1, 0.15) is 35.8 Å². The Balaban J connectivity index is 1.57. The largest absolute Gasteiger partial charge is 0.420 e.